The fourth-order valence-corrected chi connectivity index (χ4v) is 2.19. The lowest BCUT2D eigenvalue weighted by atomic mass is 10.2. The monoisotopic (exact) mass is 250 g/mol. The normalized spacial score (nSPS) is 22.1. The molecule has 2 N–H and O–H groups in total. The number of morpholine rings is 1. The Morgan fingerprint density at radius 2 is 2.22 bits per heavy atom. The van der Waals surface area contributed by atoms with Gasteiger partial charge in [0.05, 0.1) is 13.2 Å². The second-order valence-corrected chi connectivity index (χ2v) is 4.54. The highest BCUT2D eigenvalue weighted by atomic mass is 16.7. The highest BCUT2D eigenvalue weighted by molar-refractivity contribution is 5.44. The summed E-state index contributed by atoms with van der Waals surface area (Å²) in [6.07, 6.45) is 0. The predicted octanol–water partition coefficient (Wildman–Crippen LogP) is 0.493. The molecule has 0 amide bonds. The van der Waals surface area contributed by atoms with E-state index < -0.39 is 0 Å². The van der Waals surface area contributed by atoms with Crippen LogP contribution in [-0.2, 0) is 11.3 Å². The van der Waals surface area contributed by atoms with Gasteiger partial charge in [0.1, 0.15) is 0 Å². The minimum absolute atomic E-state index is 0.329. The third kappa shape index (κ3) is 2.75. The van der Waals surface area contributed by atoms with E-state index in [-0.39, 0.29) is 0 Å². The van der Waals surface area contributed by atoms with Gasteiger partial charge in [-0.2, -0.15) is 0 Å². The van der Waals surface area contributed by atoms with Crippen LogP contribution in [0.5, 0.6) is 11.5 Å². The predicted molar refractivity (Wildman–Crippen MR) is 66.9 cm³/mol. The van der Waals surface area contributed by atoms with Crippen molar-refractivity contribution in [3.8, 4) is 11.5 Å². The molecule has 3 rings (SSSR count). The minimum Gasteiger partial charge on any atom is -0.454 e. The first-order valence-corrected chi connectivity index (χ1v) is 6.32. The Morgan fingerprint density at radius 1 is 1.28 bits per heavy atom. The standard InChI is InChI=1S/C13H18N2O3/c1-2-12-13(18-9-17-12)5-10(1)6-14-7-11-8-16-4-3-15-11/h1-2,5,11,14-15H,3-4,6-9H2. The second kappa shape index (κ2) is 5.56. The topological polar surface area (TPSA) is 51.8 Å². The van der Waals surface area contributed by atoms with E-state index in [1.807, 2.05) is 12.1 Å². The number of benzene rings is 1. The average Bonchev–Trinajstić information content (AvgIpc) is 2.87. The summed E-state index contributed by atoms with van der Waals surface area (Å²) in [5.41, 5.74) is 1.20. The number of ether oxygens (including phenoxy) is 3. The van der Waals surface area contributed by atoms with Crippen LogP contribution in [0, 0.1) is 0 Å². The molecule has 1 fully saturated rings. The first-order chi connectivity index (χ1) is 8.92. The van der Waals surface area contributed by atoms with E-state index in [1.54, 1.807) is 0 Å². The van der Waals surface area contributed by atoms with Gasteiger partial charge < -0.3 is 24.8 Å². The van der Waals surface area contributed by atoms with Crippen molar-refractivity contribution < 1.29 is 14.2 Å². The van der Waals surface area contributed by atoms with Crippen molar-refractivity contribution >= 4 is 0 Å². The van der Waals surface area contributed by atoms with Crippen LogP contribution >= 0.6 is 0 Å². The van der Waals surface area contributed by atoms with Gasteiger partial charge in [0.2, 0.25) is 6.79 Å². The van der Waals surface area contributed by atoms with Gasteiger partial charge in [-0.1, -0.05) is 6.07 Å². The van der Waals surface area contributed by atoms with Gasteiger partial charge in [0.15, 0.2) is 11.5 Å². The summed E-state index contributed by atoms with van der Waals surface area (Å²) in [7, 11) is 0. The third-order valence-corrected chi connectivity index (χ3v) is 3.16. The van der Waals surface area contributed by atoms with Crippen LogP contribution in [0.25, 0.3) is 0 Å². The van der Waals surface area contributed by atoms with Crippen molar-refractivity contribution in [3.63, 3.8) is 0 Å². The zero-order valence-corrected chi connectivity index (χ0v) is 10.3. The lowest BCUT2D eigenvalue weighted by Gasteiger charge is -2.24. The SMILES string of the molecule is c1cc2c(cc1CNCC1COCCN1)OCO2. The molecule has 0 radical (unpaired) electrons. The number of nitrogens with one attached hydrogen (secondary N) is 2. The molecule has 1 aromatic carbocycles. The zero-order valence-electron chi connectivity index (χ0n) is 10.3. The minimum atomic E-state index is 0.329. The van der Waals surface area contributed by atoms with Gasteiger partial charge in [0, 0.05) is 25.7 Å². The number of rotatable bonds is 4. The molecule has 2 aliphatic heterocycles. The van der Waals surface area contributed by atoms with Gasteiger partial charge in [-0.15, -0.1) is 0 Å². The molecule has 1 atom stereocenters. The van der Waals surface area contributed by atoms with Crippen molar-refractivity contribution in [2.24, 2.45) is 0 Å². The van der Waals surface area contributed by atoms with Crippen molar-refractivity contribution in [2.75, 3.05) is 33.1 Å². The second-order valence-electron chi connectivity index (χ2n) is 4.54. The highest BCUT2D eigenvalue weighted by Crippen LogP contribution is 2.32. The fourth-order valence-electron chi connectivity index (χ4n) is 2.19. The first kappa shape index (κ1) is 11.8. The average molecular weight is 250 g/mol. The molecule has 0 bridgehead atoms. The van der Waals surface area contributed by atoms with Crippen molar-refractivity contribution in [2.45, 2.75) is 12.6 Å². The highest BCUT2D eigenvalue weighted by Gasteiger charge is 2.14. The Bertz CT molecular complexity index is 405. The maximum atomic E-state index is 5.41. The number of hydrogen-bond donors (Lipinski definition) is 2. The lowest BCUT2D eigenvalue weighted by molar-refractivity contribution is 0.0766. The maximum Gasteiger partial charge on any atom is 0.231 e. The van der Waals surface area contributed by atoms with Gasteiger partial charge in [-0.3, -0.25) is 0 Å². The van der Waals surface area contributed by atoms with E-state index in [4.69, 9.17) is 14.2 Å². The first-order valence-electron chi connectivity index (χ1n) is 6.32. The smallest absolute Gasteiger partial charge is 0.231 e. The van der Waals surface area contributed by atoms with Crippen LogP contribution < -0.4 is 20.1 Å². The van der Waals surface area contributed by atoms with E-state index in [1.165, 1.54) is 5.56 Å². The lowest BCUT2D eigenvalue weighted by Crippen LogP contribution is -2.47. The molecule has 18 heavy (non-hydrogen) atoms. The Balaban J connectivity index is 1.48. The summed E-state index contributed by atoms with van der Waals surface area (Å²) in [6, 6.07) is 6.46. The number of hydrogen-bond acceptors (Lipinski definition) is 5. The van der Waals surface area contributed by atoms with Crippen LogP contribution in [0.1, 0.15) is 5.56 Å². The summed E-state index contributed by atoms with van der Waals surface area (Å²) in [6.45, 7) is 4.61. The molecule has 5 heteroatoms. The summed E-state index contributed by atoms with van der Waals surface area (Å²) >= 11 is 0. The molecule has 0 saturated carbocycles. The van der Waals surface area contributed by atoms with Crippen LogP contribution in [0.4, 0.5) is 0 Å². The van der Waals surface area contributed by atoms with Gasteiger partial charge in [-0.05, 0) is 17.7 Å². The molecule has 98 valence electrons. The number of fused-ring (bicyclic) bond motifs is 1. The van der Waals surface area contributed by atoms with Crippen molar-refractivity contribution in [1.82, 2.24) is 10.6 Å². The summed E-state index contributed by atoms with van der Waals surface area (Å²) in [5.74, 6) is 1.68. The largest absolute Gasteiger partial charge is 0.454 e. The van der Waals surface area contributed by atoms with Crippen LogP contribution in [0.3, 0.4) is 0 Å². The van der Waals surface area contributed by atoms with E-state index in [0.29, 0.717) is 12.8 Å². The Kier molecular flexibility index (Phi) is 3.64. The molecule has 0 aliphatic carbocycles. The molecule has 0 spiro atoms. The van der Waals surface area contributed by atoms with E-state index in [0.717, 1.165) is 44.3 Å². The molecule has 5 nitrogen and oxygen atoms in total. The van der Waals surface area contributed by atoms with Crippen molar-refractivity contribution in [1.29, 1.82) is 0 Å². The van der Waals surface area contributed by atoms with E-state index in [9.17, 15) is 0 Å². The molecule has 2 heterocycles. The molecule has 1 saturated heterocycles. The van der Waals surface area contributed by atoms with E-state index >= 15 is 0 Å². The summed E-state index contributed by atoms with van der Waals surface area (Å²) in [4.78, 5) is 0. The van der Waals surface area contributed by atoms with Crippen LogP contribution in [0.2, 0.25) is 0 Å². The molecule has 1 aromatic rings. The van der Waals surface area contributed by atoms with Gasteiger partial charge >= 0.3 is 0 Å². The molecule has 0 aromatic heterocycles. The van der Waals surface area contributed by atoms with E-state index in [2.05, 4.69) is 16.7 Å². The van der Waals surface area contributed by atoms with Gasteiger partial charge in [-0.25, -0.2) is 0 Å². The molecule has 2 aliphatic rings. The molecular formula is C13H18N2O3. The summed E-state index contributed by atoms with van der Waals surface area (Å²) < 4.78 is 16.0. The molecular weight excluding hydrogens is 232 g/mol. The summed E-state index contributed by atoms with van der Waals surface area (Å²) in [5, 5.41) is 6.84. The van der Waals surface area contributed by atoms with Gasteiger partial charge in [0.25, 0.3) is 0 Å². The van der Waals surface area contributed by atoms with Crippen LogP contribution in [0.15, 0.2) is 18.2 Å². The Hall–Kier alpha value is -1.30. The van der Waals surface area contributed by atoms with Crippen molar-refractivity contribution in [3.05, 3.63) is 23.8 Å². The molecule has 1 unspecified atom stereocenters. The quantitative estimate of drug-likeness (QED) is 0.814. The Labute approximate surface area is 106 Å². The maximum absolute atomic E-state index is 5.41. The zero-order chi connectivity index (χ0) is 12.2. The Morgan fingerprint density at radius 3 is 3.11 bits per heavy atom. The fraction of sp³-hybridized carbons (Fsp3) is 0.538. The third-order valence-electron chi connectivity index (χ3n) is 3.16. The van der Waals surface area contributed by atoms with Crippen LogP contribution in [-0.4, -0.2) is 39.1 Å².